The van der Waals surface area contributed by atoms with E-state index in [1.165, 1.54) is 19.2 Å². The van der Waals surface area contributed by atoms with Crippen molar-refractivity contribution in [3.63, 3.8) is 0 Å². The first-order chi connectivity index (χ1) is 8.97. The minimum Gasteiger partial charge on any atom is -0.469 e. The molecule has 7 heteroatoms. The van der Waals surface area contributed by atoms with E-state index >= 15 is 0 Å². The van der Waals surface area contributed by atoms with Gasteiger partial charge in [-0.1, -0.05) is 11.6 Å². The summed E-state index contributed by atoms with van der Waals surface area (Å²) in [4.78, 5) is 22.6. The molecule has 1 amide bonds. The van der Waals surface area contributed by atoms with E-state index in [1.54, 1.807) is 0 Å². The van der Waals surface area contributed by atoms with Crippen LogP contribution >= 0.6 is 11.6 Å². The van der Waals surface area contributed by atoms with Crippen LogP contribution < -0.4 is 11.1 Å². The van der Waals surface area contributed by atoms with E-state index in [-0.39, 0.29) is 18.5 Å². The normalized spacial score (nSPS) is 11.8. The van der Waals surface area contributed by atoms with Gasteiger partial charge in [-0.05, 0) is 18.2 Å². The maximum Gasteiger partial charge on any atom is 0.307 e. The van der Waals surface area contributed by atoms with Gasteiger partial charge in [0.25, 0.3) is 0 Å². The van der Waals surface area contributed by atoms with Crippen molar-refractivity contribution in [1.29, 1.82) is 0 Å². The molecule has 1 atom stereocenters. The number of amides is 1. The third-order valence-corrected chi connectivity index (χ3v) is 2.69. The molecule has 0 aliphatic carbocycles. The van der Waals surface area contributed by atoms with Crippen molar-refractivity contribution >= 4 is 23.5 Å². The second-order valence-electron chi connectivity index (χ2n) is 3.77. The Morgan fingerprint density at radius 2 is 2.21 bits per heavy atom. The topological polar surface area (TPSA) is 81.4 Å². The van der Waals surface area contributed by atoms with E-state index in [1.807, 2.05) is 0 Å². The van der Waals surface area contributed by atoms with Crippen LogP contribution in [0.3, 0.4) is 0 Å². The molecule has 0 aliphatic heterocycles. The van der Waals surface area contributed by atoms with Crippen molar-refractivity contribution in [1.82, 2.24) is 5.32 Å². The Bertz CT molecular complexity index is 464. The Balaban J connectivity index is 3.03. The number of esters is 1. The lowest BCUT2D eigenvalue weighted by molar-refractivity contribution is -0.141. The zero-order valence-electron chi connectivity index (χ0n) is 10.3. The third kappa shape index (κ3) is 4.50. The maximum atomic E-state index is 13.7. The smallest absolute Gasteiger partial charge is 0.307 e. The fraction of sp³-hybridized carbons (Fsp3) is 0.333. The average Bonchev–Trinajstić information content (AvgIpc) is 2.40. The molecule has 5 nitrogen and oxygen atoms in total. The van der Waals surface area contributed by atoms with Gasteiger partial charge >= 0.3 is 5.97 Å². The predicted molar refractivity (Wildman–Crippen MR) is 68.0 cm³/mol. The van der Waals surface area contributed by atoms with Gasteiger partial charge in [0.2, 0.25) is 5.91 Å². The number of carbonyl (C=O) groups is 2. The lowest BCUT2D eigenvalue weighted by atomic mass is 10.0. The van der Waals surface area contributed by atoms with Crippen LogP contribution in [0.2, 0.25) is 5.02 Å². The maximum absolute atomic E-state index is 13.7. The molecule has 0 saturated carbocycles. The van der Waals surface area contributed by atoms with Crippen molar-refractivity contribution in [3.05, 3.63) is 34.6 Å². The Hall–Kier alpha value is -1.66. The van der Waals surface area contributed by atoms with E-state index < -0.39 is 23.7 Å². The number of ether oxygens (including phenoxy) is 1. The van der Waals surface area contributed by atoms with Crippen molar-refractivity contribution in [3.8, 4) is 0 Å². The summed E-state index contributed by atoms with van der Waals surface area (Å²) < 4.78 is 18.2. The Morgan fingerprint density at radius 3 is 2.79 bits per heavy atom. The summed E-state index contributed by atoms with van der Waals surface area (Å²) in [6.45, 7) is -0.264. The molecule has 1 rings (SSSR count). The van der Waals surface area contributed by atoms with Gasteiger partial charge in [-0.15, -0.1) is 0 Å². The lowest BCUT2D eigenvalue weighted by Gasteiger charge is -2.18. The highest BCUT2D eigenvalue weighted by Crippen LogP contribution is 2.24. The van der Waals surface area contributed by atoms with Crippen LogP contribution in [0.25, 0.3) is 0 Å². The molecule has 19 heavy (non-hydrogen) atoms. The molecule has 0 bridgehead atoms. The molecule has 3 N–H and O–H groups in total. The van der Waals surface area contributed by atoms with Gasteiger partial charge in [0.1, 0.15) is 5.82 Å². The SMILES string of the molecule is COC(=O)C[C@H](NC(=O)CN)c1cc(Cl)ccc1F. The summed E-state index contributed by atoms with van der Waals surface area (Å²) in [6, 6.07) is 3.01. The first-order valence-electron chi connectivity index (χ1n) is 5.49. The molecule has 0 heterocycles. The van der Waals surface area contributed by atoms with Crippen molar-refractivity contribution in [2.45, 2.75) is 12.5 Å². The first kappa shape index (κ1) is 15.4. The second kappa shape index (κ2) is 7.06. The molecule has 104 valence electrons. The molecule has 0 spiro atoms. The van der Waals surface area contributed by atoms with Crippen molar-refractivity contribution in [2.75, 3.05) is 13.7 Å². The Labute approximate surface area is 114 Å². The van der Waals surface area contributed by atoms with Gasteiger partial charge in [-0.2, -0.15) is 0 Å². The number of carbonyl (C=O) groups excluding carboxylic acids is 2. The van der Waals surface area contributed by atoms with Crippen LogP contribution in [-0.4, -0.2) is 25.5 Å². The molecule has 0 saturated heterocycles. The number of methoxy groups -OCH3 is 1. The highest BCUT2D eigenvalue weighted by atomic mass is 35.5. The summed E-state index contributed by atoms with van der Waals surface area (Å²) in [5, 5.41) is 2.75. The minimum atomic E-state index is -0.873. The van der Waals surface area contributed by atoms with E-state index in [0.717, 1.165) is 6.07 Å². The molecular formula is C12H14ClFN2O3. The van der Waals surface area contributed by atoms with Crippen molar-refractivity contribution < 1.29 is 18.7 Å². The fourth-order valence-corrected chi connectivity index (χ4v) is 1.70. The van der Waals surface area contributed by atoms with Crippen LogP contribution in [0.4, 0.5) is 4.39 Å². The summed E-state index contributed by atoms with van der Waals surface area (Å²) in [5.41, 5.74) is 5.29. The lowest BCUT2D eigenvalue weighted by Crippen LogP contribution is -2.35. The monoisotopic (exact) mass is 288 g/mol. The largest absolute Gasteiger partial charge is 0.469 e. The zero-order valence-corrected chi connectivity index (χ0v) is 11.0. The van der Waals surface area contributed by atoms with Gasteiger partial charge in [-0.25, -0.2) is 4.39 Å². The third-order valence-electron chi connectivity index (χ3n) is 2.45. The Kier molecular flexibility index (Phi) is 5.72. The number of nitrogens with one attached hydrogen (secondary N) is 1. The number of rotatable bonds is 5. The predicted octanol–water partition coefficient (Wildman–Crippen LogP) is 1.16. The van der Waals surface area contributed by atoms with Gasteiger partial charge < -0.3 is 15.8 Å². The molecule has 0 aliphatic rings. The number of halogens is 2. The molecule has 0 fully saturated rings. The molecule has 0 radical (unpaired) electrons. The molecule has 1 aromatic rings. The van der Waals surface area contributed by atoms with Crippen molar-refractivity contribution in [2.24, 2.45) is 5.73 Å². The number of nitrogens with two attached hydrogens (primary N) is 1. The number of hydrogen-bond acceptors (Lipinski definition) is 4. The van der Waals surface area contributed by atoms with Gasteiger partial charge in [0.15, 0.2) is 0 Å². The highest BCUT2D eigenvalue weighted by Gasteiger charge is 2.21. The van der Waals surface area contributed by atoms with Gasteiger partial charge in [0.05, 0.1) is 26.1 Å². The average molecular weight is 289 g/mol. The fourth-order valence-electron chi connectivity index (χ4n) is 1.52. The van der Waals surface area contributed by atoms with Gasteiger partial charge in [-0.3, -0.25) is 9.59 Å². The molecule has 0 unspecified atom stereocenters. The summed E-state index contributed by atoms with van der Waals surface area (Å²) in [7, 11) is 1.21. The van der Waals surface area contributed by atoms with E-state index in [4.69, 9.17) is 17.3 Å². The summed E-state index contributed by atoms with van der Waals surface area (Å²) in [6.07, 6.45) is -0.209. The zero-order chi connectivity index (χ0) is 14.4. The standard InChI is InChI=1S/C12H14ClFN2O3/c1-19-12(18)5-10(16-11(17)6-15)8-4-7(13)2-3-9(8)14/h2-4,10H,5-6,15H2,1H3,(H,16,17)/t10-/m0/s1. The summed E-state index contributed by atoms with van der Waals surface area (Å²) >= 11 is 5.78. The molecule has 0 aromatic heterocycles. The Morgan fingerprint density at radius 1 is 1.53 bits per heavy atom. The number of hydrogen-bond donors (Lipinski definition) is 2. The van der Waals surface area contributed by atoms with E-state index in [2.05, 4.69) is 10.1 Å². The van der Waals surface area contributed by atoms with Crippen LogP contribution in [-0.2, 0) is 14.3 Å². The van der Waals surface area contributed by atoms with E-state index in [9.17, 15) is 14.0 Å². The summed E-state index contributed by atoms with van der Waals surface area (Å²) in [5.74, 6) is -1.66. The second-order valence-corrected chi connectivity index (χ2v) is 4.21. The first-order valence-corrected chi connectivity index (χ1v) is 5.87. The van der Waals surface area contributed by atoms with Crippen LogP contribution in [0.5, 0.6) is 0 Å². The minimum absolute atomic E-state index is 0.111. The van der Waals surface area contributed by atoms with E-state index in [0.29, 0.717) is 5.02 Å². The van der Waals surface area contributed by atoms with Crippen LogP contribution in [0.1, 0.15) is 18.0 Å². The van der Waals surface area contributed by atoms with Gasteiger partial charge in [0, 0.05) is 10.6 Å². The van der Waals surface area contributed by atoms with Crippen LogP contribution in [0, 0.1) is 5.82 Å². The quantitative estimate of drug-likeness (QED) is 0.797. The molecule has 1 aromatic carbocycles. The number of benzene rings is 1. The highest BCUT2D eigenvalue weighted by molar-refractivity contribution is 6.30. The van der Waals surface area contributed by atoms with Crippen LogP contribution in [0.15, 0.2) is 18.2 Å². The molecular weight excluding hydrogens is 275 g/mol.